The molecule has 2 aromatic carbocycles. The van der Waals surface area contributed by atoms with Crippen molar-refractivity contribution in [1.82, 2.24) is 0 Å². The van der Waals surface area contributed by atoms with Gasteiger partial charge >= 0.3 is 0 Å². The molecule has 5 heteroatoms. The molecule has 0 radical (unpaired) electrons. The minimum atomic E-state index is -3.25. The molecule has 0 heterocycles. The van der Waals surface area contributed by atoms with E-state index in [1.807, 2.05) is 12.1 Å². The molecule has 0 saturated carbocycles. The molecular weight excluding hydrogens is 284 g/mol. The average Bonchev–Trinajstić information content (AvgIpc) is 2.36. The molecule has 0 atom stereocenters. The summed E-state index contributed by atoms with van der Waals surface area (Å²) in [6, 6.07) is 13.6. The Morgan fingerprint density at radius 2 is 1.71 bits per heavy atom. The molecule has 0 aliphatic heterocycles. The monoisotopic (exact) mass is 304 g/mol. The fourth-order valence-corrected chi connectivity index (χ4v) is 2.70. The van der Waals surface area contributed by atoms with Crippen molar-refractivity contribution in [3.05, 3.63) is 59.2 Å². The minimum Gasteiger partial charge on any atom is -0.381 e. The Kier molecular flexibility index (Phi) is 4.53. The normalized spacial score (nSPS) is 11.2. The van der Waals surface area contributed by atoms with E-state index in [4.69, 9.17) is 0 Å². The first-order chi connectivity index (χ1) is 9.83. The molecule has 2 rings (SSSR count). The van der Waals surface area contributed by atoms with Crippen molar-refractivity contribution < 1.29 is 8.42 Å². The van der Waals surface area contributed by atoms with Crippen LogP contribution in [0.5, 0.6) is 0 Å². The molecule has 0 aliphatic rings. The Morgan fingerprint density at radius 1 is 1.00 bits per heavy atom. The van der Waals surface area contributed by atoms with E-state index < -0.39 is 10.0 Å². The van der Waals surface area contributed by atoms with Crippen LogP contribution in [0.4, 0.5) is 11.4 Å². The van der Waals surface area contributed by atoms with Crippen molar-refractivity contribution in [2.45, 2.75) is 20.4 Å². The number of hydrogen-bond donors (Lipinski definition) is 2. The summed E-state index contributed by atoms with van der Waals surface area (Å²) in [5.74, 6) is 0. The second-order valence-electron chi connectivity index (χ2n) is 5.24. The van der Waals surface area contributed by atoms with Crippen LogP contribution in [0.1, 0.15) is 16.7 Å². The summed E-state index contributed by atoms with van der Waals surface area (Å²) in [5, 5.41) is 3.31. The molecule has 21 heavy (non-hydrogen) atoms. The van der Waals surface area contributed by atoms with Crippen LogP contribution in [0.25, 0.3) is 0 Å². The lowest BCUT2D eigenvalue weighted by atomic mass is 10.1. The van der Waals surface area contributed by atoms with Gasteiger partial charge in [-0.1, -0.05) is 29.8 Å². The van der Waals surface area contributed by atoms with Crippen LogP contribution in [0, 0.1) is 13.8 Å². The largest absolute Gasteiger partial charge is 0.381 e. The van der Waals surface area contributed by atoms with Crippen molar-refractivity contribution in [3.63, 3.8) is 0 Å². The molecule has 2 N–H and O–H groups in total. The quantitative estimate of drug-likeness (QED) is 0.891. The van der Waals surface area contributed by atoms with Gasteiger partial charge in [0.1, 0.15) is 0 Å². The van der Waals surface area contributed by atoms with Gasteiger partial charge in [0.25, 0.3) is 0 Å². The van der Waals surface area contributed by atoms with Crippen molar-refractivity contribution in [2.75, 3.05) is 16.3 Å². The van der Waals surface area contributed by atoms with Crippen LogP contribution in [0.3, 0.4) is 0 Å². The van der Waals surface area contributed by atoms with Crippen LogP contribution in [-0.4, -0.2) is 14.7 Å². The summed E-state index contributed by atoms with van der Waals surface area (Å²) in [5.41, 5.74) is 5.15. The number of sulfonamides is 1. The van der Waals surface area contributed by atoms with Crippen LogP contribution in [0.2, 0.25) is 0 Å². The zero-order valence-corrected chi connectivity index (χ0v) is 13.3. The summed E-state index contributed by atoms with van der Waals surface area (Å²) in [6.45, 7) is 4.87. The average molecular weight is 304 g/mol. The van der Waals surface area contributed by atoms with E-state index in [9.17, 15) is 8.42 Å². The predicted octanol–water partition coefficient (Wildman–Crippen LogP) is 3.29. The zero-order chi connectivity index (χ0) is 15.5. The first kappa shape index (κ1) is 15.4. The van der Waals surface area contributed by atoms with Gasteiger partial charge in [0.15, 0.2) is 0 Å². The molecule has 0 aromatic heterocycles. The van der Waals surface area contributed by atoms with E-state index in [2.05, 4.69) is 42.1 Å². The number of rotatable bonds is 5. The zero-order valence-electron chi connectivity index (χ0n) is 12.5. The van der Waals surface area contributed by atoms with Crippen molar-refractivity contribution >= 4 is 21.4 Å². The number of benzene rings is 2. The van der Waals surface area contributed by atoms with E-state index in [-0.39, 0.29) is 0 Å². The molecule has 0 aliphatic carbocycles. The highest BCUT2D eigenvalue weighted by Crippen LogP contribution is 2.18. The summed E-state index contributed by atoms with van der Waals surface area (Å²) >= 11 is 0. The van der Waals surface area contributed by atoms with Gasteiger partial charge in [-0.2, -0.15) is 0 Å². The summed E-state index contributed by atoms with van der Waals surface area (Å²) in [4.78, 5) is 0. The van der Waals surface area contributed by atoms with Gasteiger partial charge in [0.2, 0.25) is 10.0 Å². The topological polar surface area (TPSA) is 58.2 Å². The maximum Gasteiger partial charge on any atom is 0.229 e. The standard InChI is InChI=1S/C16H20N2O2S/c1-12-7-8-14(13(2)9-12)11-17-15-5-4-6-16(10-15)18-21(3,19)20/h4-10,17-18H,11H2,1-3H3. The summed E-state index contributed by atoms with van der Waals surface area (Å²) in [6.07, 6.45) is 1.14. The predicted molar refractivity (Wildman–Crippen MR) is 88.2 cm³/mol. The third kappa shape index (κ3) is 4.79. The first-order valence-corrected chi connectivity index (χ1v) is 8.60. The highest BCUT2D eigenvalue weighted by Gasteiger charge is 2.03. The van der Waals surface area contributed by atoms with E-state index in [0.717, 1.165) is 11.9 Å². The molecule has 0 amide bonds. The van der Waals surface area contributed by atoms with Gasteiger partial charge in [-0.05, 0) is 43.2 Å². The van der Waals surface area contributed by atoms with Gasteiger partial charge in [-0.25, -0.2) is 8.42 Å². The molecule has 0 unspecified atom stereocenters. The van der Waals surface area contributed by atoms with Crippen molar-refractivity contribution in [3.8, 4) is 0 Å². The highest BCUT2D eigenvalue weighted by atomic mass is 32.2. The van der Waals surface area contributed by atoms with Crippen LogP contribution < -0.4 is 10.0 Å². The second-order valence-corrected chi connectivity index (χ2v) is 6.99. The lowest BCUT2D eigenvalue weighted by Crippen LogP contribution is -2.09. The van der Waals surface area contributed by atoms with Crippen LogP contribution >= 0.6 is 0 Å². The molecule has 4 nitrogen and oxygen atoms in total. The second kappa shape index (κ2) is 6.18. The minimum absolute atomic E-state index is 0.558. The maximum absolute atomic E-state index is 11.2. The molecule has 0 saturated heterocycles. The number of hydrogen-bond acceptors (Lipinski definition) is 3. The third-order valence-corrected chi connectivity index (χ3v) is 3.75. The molecule has 0 spiro atoms. The van der Waals surface area contributed by atoms with Crippen LogP contribution in [-0.2, 0) is 16.6 Å². The lowest BCUT2D eigenvalue weighted by molar-refractivity contribution is 0.607. The lowest BCUT2D eigenvalue weighted by Gasteiger charge is -2.11. The van der Waals surface area contributed by atoms with Crippen molar-refractivity contribution in [2.24, 2.45) is 0 Å². The fourth-order valence-electron chi connectivity index (χ4n) is 2.15. The molecule has 0 bridgehead atoms. The molecular formula is C16H20N2O2S. The maximum atomic E-state index is 11.2. The van der Waals surface area contributed by atoms with E-state index in [0.29, 0.717) is 12.2 Å². The van der Waals surface area contributed by atoms with Gasteiger partial charge in [-0.3, -0.25) is 4.72 Å². The first-order valence-electron chi connectivity index (χ1n) is 6.71. The van der Waals surface area contributed by atoms with Gasteiger partial charge < -0.3 is 5.32 Å². The highest BCUT2D eigenvalue weighted by molar-refractivity contribution is 7.92. The third-order valence-electron chi connectivity index (χ3n) is 3.15. The van der Waals surface area contributed by atoms with Crippen LogP contribution in [0.15, 0.2) is 42.5 Å². The Balaban J connectivity index is 2.08. The molecule has 0 fully saturated rings. The molecule has 2 aromatic rings. The van der Waals surface area contributed by atoms with Crippen molar-refractivity contribution in [1.29, 1.82) is 0 Å². The van der Waals surface area contributed by atoms with Gasteiger partial charge in [-0.15, -0.1) is 0 Å². The Labute approximate surface area is 126 Å². The summed E-state index contributed by atoms with van der Waals surface area (Å²) in [7, 11) is -3.25. The summed E-state index contributed by atoms with van der Waals surface area (Å²) < 4.78 is 24.9. The van der Waals surface area contributed by atoms with E-state index in [1.54, 1.807) is 12.1 Å². The van der Waals surface area contributed by atoms with Gasteiger partial charge in [0, 0.05) is 12.2 Å². The molecule has 112 valence electrons. The Bertz CT molecular complexity index is 740. The SMILES string of the molecule is Cc1ccc(CNc2cccc(NS(C)(=O)=O)c2)c(C)c1. The Hall–Kier alpha value is -2.01. The van der Waals surface area contributed by atoms with E-state index >= 15 is 0 Å². The smallest absolute Gasteiger partial charge is 0.229 e. The fraction of sp³-hybridized carbons (Fsp3) is 0.250. The van der Waals surface area contributed by atoms with Gasteiger partial charge in [0.05, 0.1) is 11.9 Å². The number of nitrogens with one attached hydrogen (secondary N) is 2. The number of aryl methyl sites for hydroxylation is 2. The number of anilines is 2. The van der Waals surface area contributed by atoms with E-state index in [1.165, 1.54) is 16.7 Å². The Morgan fingerprint density at radius 3 is 2.38 bits per heavy atom.